The van der Waals surface area contributed by atoms with Crippen molar-refractivity contribution in [2.45, 2.75) is 18.7 Å². The van der Waals surface area contributed by atoms with Gasteiger partial charge in [0, 0.05) is 0 Å². The molecule has 8 nitrogen and oxygen atoms in total. The zero-order chi connectivity index (χ0) is 16.3. The van der Waals surface area contributed by atoms with E-state index in [4.69, 9.17) is 10.5 Å². The van der Waals surface area contributed by atoms with Gasteiger partial charge in [-0.1, -0.05) is 11.3 Å². The Labute approximate surface area is 131 Å². The molecule has 0 aliphatic rings. The fourth-order valence-electron chi connectivity index (χ4n) is 1.61. The molecule has 3 N–H and O–H groups in total. The van der Waals surface area contributed by atoms with Gasteiger partial charge in [-0.25, -0.2) is 8.42 Å². The number of ether oxygens (including phenoxy) is 1. The molecular weight excluding hydrogens is 328 g/mol. The second-order valence-electron chi connectivity index (χ2n) is 4.41. The van der Waals surface area contributed by atoms with E-state index < -0.39 is 15.9 Å². The molecular formula is C12H14N4O4S2. The highest BCUT2D eigenvalue weighted by molar-refractivity contribution is 7.93. The van der Waals surface area contributed by atoms with E-state index in [2.05, 4.69) is 14.9 Å². The molecule has 22 heavy (non-hydrogen) atoms. The number of aryl methyl sites for hydroxylation is 2. The standard InChI is InChI=1S/C12H14N4O4S2/c1-7-5-9(3-4-10(7)20-6-11(13)17)22(18,19)16-12-15-14-8(2)21-12/h3-5H,6H2,1-2H3,(H2,13,17)(H,15,16). The second kappa shape index (κ2) is 6.28. The summed E-state index contributed by atoms with van der Waals surface area (Å²) in [5, 5.41) is 8.32. The van der Waals surface area contributed by atoms with E-state index in [0.29, 0.717) is 16.3 Å². The maximum Gasteiger partial charge on any atom is 0.263 e. The van der Waals surface area contributed by atoms with Crippen LogP contribution in [0.5, 0.6) is 5.75 Å². The minimum absolute atomic E-state index is 0.0595. The van der Waals surface area contributed by atoms with E-state index in [-0.39, 0.29) is 16.6 Å². The fourth-order valence-corrected chi connectivity index (χ4v) is 3.52. The first-order valence-corrected chi connectivity index (χ1v) is 8.42. The van der Waals surface area contributed by atoms with Crippen LogP contribution in [0.2, 0.25) is 0 Å². The van der Waals surface area contributed by atoms with Crippen molar-refractivity contribution in [1.82, 2.24) is 10.2 Å². The van der Waals surface area contributed by atoms with Crippen LogP contribution in [0, 0.1) is 13.8 Å². The molecule has 0 radical (unpaired) electrons. The van der Waals surface area contributed by atoms with Crippen molar-refractivity contribution in [3.63, 3.8) is 0 Å². The highest BCUT2D eigenvalue weighted by Crippen LogP contribution is 2.24. The summed E-state index contributed by atoms with van der Waals surface area (Å²) in [6.45, 7) is 3.13. The average Bonchev–Trinajstić information content (AvgIpc) is 2.81. The number of anilines is 1. The SMILES string of the molecule is Cc1nnc(NS(=O)(=O)c2ccc(OCC(N)=O)c(C)c2)s1. The summed E-state index contributed by atoms with van der Waals surface area (Å²) in [7, 11) is -3.76. The molecule has 0 saturated heterocycles. The number of hydrogen-bond donors (Lipinski definition) is 2. The molecule has 2 aromatic rings. The number of amides is 1. The van der Waals surface area contributed by atoms with Gasteiger partial charge in [-0.2, -0.15) is 0 Å². The third-order valence-corrected chi connectivity index (χ3v) is 4.79. The predicted octanol–water partition coefficient (Wildman–Crippen LogP) is 0.820. The molecule has 0 aliphatic heterocycles. The number of aromatic nitrogens is 2. The number of sulfonamides is 1. The first-order valence-electron chi connectivity index (χ1n) is 6.12. The third kappa shape index (κ3) is 3.92. The summed E-state index contributed by atoms with van der Waals surface area (Å²) >= 11 is 1.14. The van der Waals surface area contributed by atoms with Gasteiger partial charge in [-0.3, -0.25) is 9.52 Å². The number of nitrogens with one attached hydrogen (secondary N) is 1. The highest BCUT2D eigenvalue weighted by atomic mass is 32.2. The summed E-state index contributed by atoms with van der Waals surface area (Å²) in [6.07, 6.45) is 0. The van der Waals surface area contributed by atoms with Crippen LogP contribution in [0.3, 0.4) is 0 Å². The molecule has 0 bridgehead atoms. The Morgan fingerprint density at radius 1 is 1.36 bits per heavy atom. The Morgan fingerprint density at radius 3 is 2.64 bits per heavy atom. The van der Waals surface area contributed by atoms with Gasteiger partial charge in [0.1, 0.15) is 10.8 Å². The summed E-state index contributed by atoms with van der Waals surface area (Å²) in [6, 6.07) is 4.28. The van der Waals surface area contributed by atoms with Crippen LogP contribution in [0.4, 0.5) is 5.13 Å². The van der Waals surface area contributed by atoms with Gasteiger partial charge < -0.3 is 10.5 Å². The number of carbonyl (C=O) groups excluding carboxylic acids is 1. The zero-order valence-corrected chi connectivity index (χ0v) is 13.5. The summed E-state index contributed by atoms with van der Waals surface area (Å²) < 4.78 is 32.0. The fraction of sp³-hybridized carbons (Fsp3) is 0.250. The van der Waals surface area contributed by atoms with Crippen molar-refractivity contribution in [3.05, 3.63) is 28.8 Å². The van der Waals surface area contributed by atoms with Gasteiger partial charge in [0.2, 0.25) is 5.13 Å². The maximum absolute atomic E-state index is 12.3. The minimum Gasteiger partial charge on any atom is -0.484 e. The van der Waals surface area contributed by atoms with Gasteiger partial charge in [0.25, 0.3) is 15.9 Å². The van der Waals surface area contributed by atoms with E-state index in [9.17, 15) is 13.2 Å². The quantitative estimate of drug-likeness (QED) is 0.801. The average molecular weight is 342 g/mol. The molecule has 2 rings (SSSR count). The van der Waals surface area contributed by atoms with Crippen LogP contribution < -0.4 is 15.2 Å². The lowest BCUT2D eigenvalue weighted by atomic mass is 10.2. The number of nitrogens with zero attached hydrogens (tertiary/aromatic N) is 2. The molecule has 1 aromatic carbocycles. The van der Waals surface area contributed by atoms with Crippen LogP contribution >= 0.6 is 11.3 Å². The van der Waals surface area contributed by atoms with Gasteiger partial charge in [0.15, 0.2) is 6.61 Å². The monoisotopic (exact) mass is 342 g/mol. The van der Waals surface area contributed by atoms with Gasteiger partial charge in [-0.15, -0.1) is 10.2 Å². The van der Waals surface area contributed by atoms with Gasteiger partial charge in [0.05, 0.1) is 4.90 Å². The molecule has 10 heteroatoms. The molecule has 0 atom stereocenters. The Balaban J connectivity index is 2.21. The molecule has 0 unspecified atom stereocenters. The number of primary amides is 1. The third-order valence-electron chi connectivity index (χ3n) is 2.57. The highest BCUT2D eigenvalue weighted by Gasteiger charge is 2.17. The lowest BCUT2D eigenvalue weighted by Crippen LogP contribution is -2.20. The molecule has 1 amide bonds. The van der Waals surface area contributed by atoms with Crippen molar-refractivity contribution >= 4 is 32.4 Å². The van der Waals surface area contributed by atoms with Crippen molar-refractivity contribution < 1.29 is 17.9 Å². The largest absolute Gasteiger partial charge is 0.484 e. The molecule has 0 saturated carbocycles. The summed E-state index contributed by atoms with van der Waals surface area (Å²) in [4.78, 5) is 10.8. The summed E-state index contributed by atoms with van der Waals surface area (Å²) in [5.74, 6) is -0.214. The molecule has 1 heterocycles. The van der Waals surface area contributed by atoms with E-state index in [1.54, 1.807) is 13.8 Å². The Morgan fingerprint density at radius 2 is 2.09 bits per heavy atom. The van der Waals surface area contributed by atoms with Crippen molar-refractivity contribution in [1.29, 1.82) is 0 Å². The van der Waals surface area contributed by atoms with Crippen LogP contribution in [0.1, 0.15) is 10.6 Å². The smallest absolute Gasteiger partial charge is 0.263 e. The van der Waals surface area contributed by atoms with E-state index in [0.717, 1.165) is 11.3 Å². The maximum atomic E-state index is 12.3. The first-order chi connectivity index (χ1) is 10.3. The molecule has 0 spiro atoms. The number of hydrogen-bond acceptors (Lipinski definition) is 7. The normalized spacial score (nSPS) is 11.2. The van der Waals surface area contributed by atoms with Crippen LogP contribution in [0.25, 0.3) is 0 Å². The Bertz CT molecular complexity index is 801. The topological polar surface area (TPSA) is 124 Å². The zero-order valence-electron chi connectivity index (χ0n) is 11.9. The van der Waals surface area contributed by atoms with Crippen molar-refractivity contribution in [2.75, 3.05) is 11.3 Å². The van der Waals surface area contributed by atoms with E-state index in [1.807, 2.05) is 0 Å². The predicted molar refractivity (Wildman–Crippen MR) is 81.3 cm³/mol. The lowest BCUT2D eigenvalue weighted by Gasteiger charge is -2.10. The Hall–Kier alpha value is -2.20. The molecule has 1 aromatic heterocycles. The summed E-state index contributed by atoms with van der Waals surface area (Å²) in [5.41, 5.74) is 5.56. The minimum atomic E-state index is -3.76. The van der Waals surface area contributed by atoms with E-state index in [1.165, 1.54) is 18.2 Å². The Kier molecular flexibility index (Phi) is 4.62. The number of carbonyl (C=O) groups is 1. The molecule has 0 aliphatic carbocycles. The van der Waals surface area contributed by atoms with Crippen LogP contribution in [-0.2, 0) is 14.8 Å². The molecule has 0 fully saturated rings. The van der Waals surface area contributed by atoms with Gasteiger partial charge >= 0.3 is 0 Å². The van der Waals surface area contributed by atoms with Gasteiger partial charge in [-0.05, 0) is 37.6 Å². The van der Waals surface area contributed by atoms with Crippen LogP contribution in [0.15, 0.2) is 23.1 Å². The van der Waals surface area contributed by atoms with E-state index >= 15 is 0 Å². The van der Waals surface area contributed by atoms with Crippen molar-refractivity contribution in [3.8, 4) is 5.75 Å². The number of rotatable bonds is 6. The van der Waals surface area contributed by atoms with Crippen molar-refractivity contribution in [2.24, 2.45) is 5.73 Å². The lowest BCUT2D eigenvalue weighted by molar-refractivity contribution is -0.119. The number of benzene rings is 1. The first kappa shape index (κ1) is 16.2. The molecule has 118 valence electrons. The number of nitrogens with two attached hydrogens (primary N) is 1. The second-order valence-corrected chi connectivity index (χ2v) is 7.28. The van der Waals surface area contributed by atoms with Crippen LogP contribution in [-0.4, -0.2) is 31.1 Å².